The van der Waals surface area contributed by atoms with Crippen molar-refractivity contribution in [2.45, 2.75) is 57.4 Å². The fourth-order valence-corrected chi connectivity index (χ4v) is 3.39. The number of carbonyl (C=O) groups is 1. The number of aromatic nitrogens is 2. The Morgan fingerprint density at radius 2 is 2.06 bits per heavy atom. The predicted molar refractivity (Wildman–Crippen MR) is 67.5 cm³/mol. The van der Waals surface area contributed by atoms with Gasteiger partial charge in [0.2, 0.25) is 0 Å². The van der Waals surface area contributed by atoms with Crippen LogP contribution in [0.5, 0.6) is 0 Å². The summed E-state index contributed by atoms with van der Waals surface area (Å²) in [5.74, 6) is 0.942. The van der Waals surface area contributed by atoms with Gasteiger partial charge in [0.1, 0.15) is 5.82 Å². The zero-order chi connectivity index (χ0) is 12.5. The molecule has 1 aliphatic carbocycles. The fraction of sp³-hybridized carbons (Fsp3) is 0.714. The van der Waals surface area contributed by atoms with Crippen LogP contribution >= 0.6 is 0 Å². The first kappa shape index (κ1) is 11.8. The van der Waals surface area contributed by atoms with Gasteiger partial charge >= 0.3 is 5.97 Å². The van der Waals surface area contributed by atoms with Crippen LogP contribution in [-0.4, -0.2) is 20.6 Å². The summed E-state index contributed by atoms with van der Waals surface area (Å²) in [5, 5.41) is 9.09. The van der Waals surface area contributed by atoms with Gasteiger partial charge in [0.15, 0.2) is 0 Å². The van der Waals surface area contributed by atoms with Gasteiger partial charge < -0.3 is 9.67 Å². The van der Waals surface area contributed by atoms with E-state index in [0.717, 1.165) is 18.7 Å². The first-order valence-electron chi connectivity index (χ1n) is 7.03. The first-order valence-corrected chi connectivity index (χ1v) is 7.03. The van der Waals surface area contributed by atoms with Gasteiger partial charge in [-0.05, 0) is 19.3 Å². The summed E-state index contributed by atoms with van der Waals surface area (Å²) in [6, 6.07) is 0. The molecular formula is C14H20N2O2. The molecule has 3 rings (SSSR count). The Morgan fingerprint density at radius 1 is 1.28 bits per heavy atom. The molecular weight excluding hydrogens is 228 g/mol. The SMILES string of the molecule is O=C(O)C1CCn2c(cnc2C2CCCCC2)C1. The number of rotatable bonds is 2. The molecule has 1 unspecified atom stereocenters. The number of carboxylic acid groups (broad SMARTS) is 1. The van der Waals surface area contributed by atoms with Gasteiger partial charge in [-0.15, -0.1) is 0 Å². The molecule has 0 spiro atoms. The molecule has 18 heavy (non-hydrogen) atoms. The normalized spacial score (nSPS) is 24.8. The van der Waals surface area contributed by atoms with E-state index in [1.807, 2.05) is 6.20 Å². The van der Waals surface area contributed by atoms with Crippen molar-refractivity contribution in [3.63, 3.8) is 0 Å². The third-order valence-electron chi connectivity index (χ3n) is 4.45. The van der Waals surface area contributed by atoms with Gasteiger partial charge in [-0.1, -0.05) is 19.3 Å². The molecule has 1 atom stereocenters. The van der Waals surface area contributed by atoms with E-state index < -0.39 is 5.97 Å². The Kier molecular flexibility index (Phi) is 3.10. The van der Waals surface area contributed by atoms with Gasteiger partial charge in [0.25, 0.3) is 0 Å². The van der Waals surface area contributed by atoms with Crippen LogP contribution in [0.2, 0.25) is 0 Å². The molecule has 1 saturated carbocycles. The van der Waals surface area contributed by atoms with E-state index in [1.54, 1.807) is 0 Å². The molecule has 0 bridgehead atoms. The van der Waals surface area contributed by atoms with Crippen LogP contribution in [-0.2, 0) is 17.8 Å². The maximum Gasteiger partial charge on any atom is 0.306 e. The highest BCUT2D eigenvalue weighted by Gasteiger charge is 2.28. The quantitative estimate of drug-likeness (QED) is 0.875. The van der Waals surface area contributed by atoms with Crippen LogP contribution in [0.3, 0.4) is 0 Å². The monoisotopic (exact) mass is 248 g/mol. The number of imidazole rings is 1. The fourth-order valence-electron chi connectivity index (χ4n) is 3.39. The minimum absolute atomic E-state index is 0.214. The maximum atomic E-state index is 11.0. The van der Waals surface area contributed by atoms with Crippen LogP contribution in [0.4, 0.5) is 0 Å². The van der Waals surface area contributed by atoms with E-state index in [4.69, 9.17) is 5.11 Å². The zero-order valence-electron chi connectivity index (χ0n) is 10.6. The third-order valence-corrected chi connectivity index (χ3v) is 4.45. The zero-order valence-corrected chi connectivity index (χ0v) is 10.6. The summed E-state index contributed by atoms with van der Waals surface area (Å²) in [6.07, 6.45) is 9.77. The maximum absolute atomic E-state index is 11.0. The third kappa shape index (κ3) is 2.04. The van der Waals surface area contributed by atoms with Gasteiger partial charge in [-0.3, -0.25) is 4.79 Å². The van der Waals surface area contributed by atoms with Gasteiger partial charge in [0, 0.05) is 30.8 Å². The van der Waals surface area contributed by atoms with Gasteiger partial charge in [0.05, 0.1) is 5.92 Å². The molecule has 2 heterocycles. The number of nitrogens with zero attached hydrogens (tertiary/aromatic N) is 2. The van der Waals surface area contributed by atoms with E-state index in [0.29, 0.717) is 12.3 Å². The lowest BCUT2D eigenvalue weighted by atomic mass is 9.88. The average molecular weight is 248 g/mol. The van der Waals surface area contributed by atoms with E-state index in [-0.39, 0.29) is 5.92 Å². The second-order valence-corrected chi connectivity index (χ2v) is 5.62. The second-order valence-electron chi connectivity index (χ2n) is 5.62. The van der Waals surface area contributed by atoms with Crippen LogP contribution in [0.15, 0.2) is 6.20 Å². The number of hydrogen-bond acceptors (Lipinski definition) is 2. The summed E-state index contributed by atoms with van der Waals surface area (Å²) in [5.41, 5.74) is 1.12. The van der Waals surface area contributed by atoms with Crippen molar-refractivity contribution >= 4 is 5.97 Å². The standard InChI is InChI=1S/C14H20N2O2/c17-14(18)11-6-7-16-12(8-11)9-15-13(16)10-4-2-1-3-5-10/h9-11H,1-8H2,(H,17,18). The molecule has 1 aromatic rings. The van der Waals surface area contributed by atoms with Crippen molar-refractivity contribution in [2.75, 3.05) is 0 Å². The van der Waals surface area contributed by atoms with E-state index in [1.165, 1.54) is 37.9 Å². The van der Waals surface area contributed by atoms with Gasteiger partial charge in [-0.2, -0.15) is 0 Å². The molecule has 0 aromatic carbocycles. The highest BCUT2D eigenvalue weighted by atomic mass is 16.4. The molecule has 4 nitrogen and oxygen atoms in total. The predicted octanol–water partition coefficient (Wildman–Crippen LogP) is 2.58. The molecule has 4 heteroatoms. The lowest BCUT2D eigenvalue weighted by Crippen LogP contribution is -2.26. The van der Waals surface area contributed by atoms with E-state index in [2.05, 4.69) is 9.55 Å². The Bertz CT molecular complexity index is 447. The van der Waals surface area contributed by atoms with Crippen LogP contribution in [0.25, 0.3) is 0 Å². The van der Waals surface area contributed by atoms with Crippen LogP contribution in [0, 0.1) is 5.92 Å². The van der Waals surface area contributed by atoms with Crippen LogP contribution < -0.4 is 0 Å². The van der Waals surface area contributed by atoms with Gasteiger partial charge in [-0.25, -0.2) is 4.98 Å². The molecule has 0 radical (unpaired) electrons. The molecule has 1 aliphatic heterocycles. The topological polar surface area (TPSA) is 55.1 Å². The first-order chi connectivity index (χ1) is 8.75. The molecule has 0 amide bonds. The van der Waals surface area contributed by atoms with Crippen molar-refractivity contribution in [2.24, 2.45) is 5.92 Å². The van der Waals surface area contributed by atoms with Crippen molar-refractivity contribution in [3.8, 4) is 0 Å². The number of fused-ring (bicyclic) bond motifs is 1. The largest absolute Gasteiger partial charge is 0.481 e. The summed E-state index contributed by atoms with van der Waals surface area (Å²) >= 11 is 0. The molecule has 1 aromatic heterocycles. The lowest BCUT2D eigenvalue weighted by Gasteiger charge is -2.26. The number of aliphatic carboxylic acids is 1. The Balaban J connectivity index is 1.81. The minimum Gasteiger partial charge on any atom is -0.481 e. The molecule has 1 N–H and O–H groups in total. The lowest BCUT2D eigenvalue weighted by molar-refractivity contribution is -0.142. The van der Waals surface area contributed by atoms with Crippen molar-refractivity contribution in [1.29, 1.82) is 0 Å². The van der Waals surface area contributed by atoms with E-state index >= 15 is 0 Å². The Morgan fingerprint density at radius 3 is 2.78 bits per heavy atom. The Labute approximate surface area is 107 Å². The highest BCUT2D eigenvalue weighted by molar-refractivity contribution is 5.70. The average Bonchev–Trinajstić information content (AvgIpc) is 2.82. The second kappa shape index (κ2) is 4.75. The highest BCUT2D eigenvalue weighted by Crippen LogP contribution is 2.34. The molecule has 98 valence electrons. The molecule has 0 saturated heterocycles. The summed E-state index contributed by atoms with van der Waals surface area (Å²) in [6.45, 7) is 0.831. The van der Waals surface area contributed by atoms with Crippen molar-refractivity contribution < 1.29 is 9.90 Å². The van der Waals surface area contributed by atoms with Crippen LogP contribution in [0.1, 0.15) is 56.0 Å². The number of carboxylic acids is 1. The van der Waals surface area contributed by atoms with E-state index in [9.17, 15) is 4.79 Å². The smallest absolute Gasteiger partial charge is 0.306 e. The molecule has 2 aliphatic rings. The minimum atomic E-state index is -0.665. The summed E-state index contributed by atoms with van der Waals surface area (Å²) in [7, 11) is 0. The summed E-state index contributed by atoms with van der Waals surface area (Å²) in [4.78, 5) is 15.6. The van der Waals surface area contributed by atoms with Crippen molar-refractivity contribution in [3.05, 3.63) is 17.7 Å². The number of hydrogen-bond donors (Lipinski definition) is 1. The van der Waals surface area contributed by atoms with Crippen molar-refractivity contribution in [1.82, 2.24) is 9.55 Å². The molecule has 1 fully saturated rings. The summed E-state index contributed by atoms with van der Waals surface area (Å²) < 4.78 is 2.29. The Hall–Kier alpha value is -1.32.